The van der Waals surface area contributed by atoms with Gasteiger partial charge in [-0.3, -0.25) is 10.1 Å². The molecule has 1 fully saturated rings. The van der Waals surface area contributed by atoms with Crippen LogP contribution in [0.5, 0.6) is 0 Å². The molecule has 2 N–H and O–H groups in total. The van der Waals surface area contributed by atoms with E-state index in [2.05, 4.69) is 11.6 Å². The molecule has 1 saturated carbocycles. The molecule has 0 aliphatic heterocycles. The number of anilines is 1. The lowest BCUT2D eigenvalue weighted by Gasteiger charge is -2.40. The molecule has 1 aliphatic rings. The zero-order valence-corrected chi connectivity index (χ0v) is 11.9. The van der Waals surface area contributed by atoms with E-state index < -0.39 is 10.9 Å². The highest BCUT2D eigenvalue weighted by molar-refractivity contribution is 8.00. The highest BCUT2D eigenvalue weighted by atomic mass is 32.2. The molecule has 108 valence electrons. The van der Waals surface area contributed by atoms with Crippen molar-refractivity contribution in [2.24, 2.45) is 0 Å². The predicted octanol–water partition coefficient (Wildman–Crippen LogP) is 2.99. The number of hydrogen-bond donors (Lipinski definition) is 2. The van der Waals surface area contributed by atoms with Crippen molar-refractivity contribution >= 4 is 29.1 Å². The maximum absolute atomic E-state index is 11.2. The van der Waals surface area contributed by atoms with E-state index in [1.165, 1.54) is 18.6 Å². The molecule has 1 aliphatic carbocycles. The van der Waals surface area contributed by atoms with Crippen LogP contribution in [-0.4, -0.2) is 33.5 Å². The Kier molecular flexibility index (Phi) is 4.17. The summed E-state index contributed by atoms with van der Waals surface area (Å²) < 4.78 is 0.164. The van der Waals surface area contributed by atoms with Gasteiger partial charge in [-0.15, -0.1) is 0 Å². The molecule has 0 amide bonds. The lowest BCUT2D eigenvalue weighted by Crippen LogP contribution is -2.40. The van der Waals surface area contributed by atoms with Gasteiger partial charge in [0.2, 0.25) is 0 Å². The first-order valence-corrected chi connectivity index (χ1v) is 7.51. The Morgan fingerprint density at radius 2 is 2.25 bits per heavy atom. The molecule has 0 saturated heterocycles. The van der Waals surface area contributed by atoms with Crippen LogP contribution < -0.4 is 5.32 Å². The van der Waals surface area contributed by atoms with Gasteiger partial charge in [0, 0.05) is 29.1 Å². The maximum Gasteiger partial charge on any atom is 0.338 e. The van der Waals surface area contributed by atoms with Gasteiger partial charge in [0.1, 0.15) is 0 Å². The van der Waals surface area contributed by atoms with Gasteiger partial charge in [-0.2, -0.15) is 11.8 Å². The topological polar surface area (TPSA) is 92.5 Å². The summed E-state index contributed by atoms with van der Waals surface area (Å²) in [5, 5.41) is 23.0. The predicted molar refractivity (Wildman–Crippen MR) is 78.6 cm³/mol. The summed E-state index contributed by atoms with van der Waals surface area (Å²) in [4.78, 5) is 21.3. The lowest BCUT2D eigenvalue weighted by molar-refractivity contribution is -0.384. The molecule has 7 heteroatoms. The van der Waals surface area contributed by atoms with Gasteiger partial charge >= 0.3 is 5.97 Å². The van der Waals surface area contributed by atoms with Crippen molar-refractivity contribution < 1.29 is 14.8 Å². The van der Waals surface area contributed by atoms with Gasteiger partial charge < -0.3 is 10.4 Å². The van der Waals surface area contributed by atoms with Crippen molar-refractivity contribution in [1.82, 2.24) is 0 Å². The second kappa shape index (κ2) is 5.70. The minimum Gasteiger partial charge on any atom is -0.478 e. The third-order valence-electron chi connectivity index (χ3n) is 3.74. The van der Waals surface area contributed by atoms with Crippen molar-refractivity contribution in [3.8, 4) is 0 Å². The molecule has 0 aromatic heterocycles. The summed E-state index contributed by atoms with van der Waals surface area (Å²) in [5.74, 6) is -1.16. The Balaban J connectivity index is 2.18. The molecule has 2 rings (SSSR count). The minimum atomic E-state index is -1.16. The molecule has 0 unspecified atom stereocenters. The minimum absolute atomic E-state index is 0.0604. The van der Waals surface area contributed by atoms with Crippen LogP contribution in [0.15, 0.2) is 18.2 Å². The first-order valence-electron chi connectivity index (χ1n) is 6.28. The quantitative estimate of drug-likeness (QED) is 0.619. The fraction of sp³-hybridized carbons (Fsp3) is 0.462. The Labute approximate surface area is 120 Å². The summed E-state index contributed by atoms with van der Waals surface area (Å²) >= 11 is 1.78. The number of benzene rings is 1. The van der Waals surface area contributed by atoms with E-state index in [4.69, 9.17) is 5.11 Å². The Morgan fingerprint density at radius 1 is 1.55 bits per heavy atom. The van der Waals surface area contributed by atoms with Gasteiger partial charge in [-0.25, -0.2) is 4.79 Å². The second-order valence-electron chi connectivity index (χ2n) is 4.89. The average Bonchev–Trinajstić information content (AvgIpc) is 2.37. The number of non-ortho nitro benzene ring substituents is 1. The molecular weight excluding hydrogens is 280 g/mol. The summed E-state index contributed by atoms with van der Waals surface area (Å²) in [6, 6.07) is 3.88. The summed E-state index contributed by atoms with van der Waals surface area (Å²) in [5.41, 5.74) is 0.161. The van der Waals surface area contributed by atoms with E-state index in [1.54, 1.807) is 11.8 Å². The van der Waals surface area contributed by atoms with Crippen LogP contribution in [0.1, 0.15) is 29.6 Å². The number of aromatic carboxylic acids is 1. The normalized spacial score (nSPS) is 16.2. The van der Waals surface area contributed by atoms with Crippen LogP contribution in [0.3, 0.4) is 0 Å². The first-order chi connectivity index (χ1) is 9.47. The van der Waals surface area contributed by atoms with Crippen LogP contribution in [0.4, 0.5) is 11.4 Å². The van der Waals surface area contributed by atoms with Gasteiger partial charge in [0.15, 0.2) is 0 Å². The van der Waals surface area contributed by atoms with Crippen LogP contribution >= 0.6 is 11.8 Å². The first kappa shape index (κ1) is 14.6. The van der Waals surface area contributed by atoms with E-state index >= 15 is 0 Å². The number of nitrogens with zero attached hydrogens (tertiary/aromatic N) is 1. The highest BCUT2D eigenvalue weighted by Crippen LogP contribution is 2.42. The lowest BCUT2D eigenvalue weighted by atomic mass is 9.84. The number of thioether (sulfide) groups is 1. The third-order valence-corrected chi connectivity index (χ3v) is 5.16. The maximum atomic E-state index is 11.2. The van der Waals surface area contributed by atoms with Crippen molar-refractivity contribution in [1.29, 1.82) is 0 Å². The summed E-state index contributed by atoms with van der Waals surface area (Å²) in [7, 11) is 0. The second-order valence-corrected chi connectivity index (χ2v) is 6.16. The SMILES string of the molecule is CSC1(CNc2ccc([N+](=O)[O-])cc2C(=O)O)CCC1. The van der Waals surface area contributed by atoms with E-state index in [9.17, 15) is 14.9 Å². The Hall–Kier alpha value is -1.76. The molecule has 20 heavy (non-hydrogen) atoms. The van der Waals surface area contributed by atoms with Crippen molar-refractivity contribution in [3.05, 3.63) is 33.9 Å². The molecule has 0 radical (unpaired) electrons. The summed E-state index contributed by atoms with van der Waals surface area (Å²) in [6.07, 6.45) is 5.45. The standard InChI is InChI=1S/C13H16N2O4S/c1-20-13(5-2-6-13)8-14-11-4-3-9(15(18)19)7-10(11)12(16)17/h3-4,7,14H,2,5-6,8H2,1H3,(H,16,17). The van der Waals surface area contributed by atoms with E-state index in [0.29, 0.717) is 12.2 Å². The van der Waals surface area contributed by atoms with E-state index in [-0.39, 0.29) is 16.0 Å². The van der Waals surface area contributed by atoms with Crippen molar-refractivity contribution in [3.63, 3.8) is 0 Å². The number of carbonyl (C=O) groups is 1. The van der Waals surface area contributed by atoms with Crippen LogP contribution in [0.25, 0.3) is 0 Å². The smallest absolute Gasteiger partial charge is 0.338 e. The number of nitro benzene ring substituents is 1. The number of rotatable bonds is 6. The fourth-order valence-corrected chi connectivity index (χ4v) is 3.17. The molecule has 6 nitrogen and oxygen atoms in total. The molecule has 0 bridgehead atoms. The number of nitro groups is 1. The molecule has 0 spiro atoms. The monoisotopic (exact) mass is 296 g/mol. The summed E-state index contributed by atoms with van der Waals surface area (Å²) in [6.45, 7) is 0.673. The Bertz CT molecular complexity index is 538. The van der Waals surface area contributed by atoms with Crippen LogP contribution in [0.2, 0.25) is 0 Å². The zero-order valence-electron chi connectivity index (χ0n) is 11.1. The molecule has 1 aromatic carbocycles. The molecule has 1 aromatic rings. The number of carboxylic acids is 1. The van der Waals surface area contributed by atoms with Crippen molar-refractivity contribution in [2.75, 3.05) is 18.1 Å². The van der Waals surface area contributed by atoms with Gasteiger partial charge in [-0.1, -0.05) is 6.42 Å². The molecule has 0 atom stereocenters. The van der Waals surface area contributed by atoms with Crippen LogP contribution in [-0.2, 0) is 0 Å². The zero-order chi connectivity index (χ0) is 14.8. The van der Waals surface area contributed by atoms with Crippen molar-refractivity contribution in [2.45, 2.75) is 24.0 Å². The van der Waals surface area contributed by atoms with Gasteiger partial charge in [0.05, 0.1) is 10.5 Å². The van der Waals surface area contributed by atoms with Crippen LogP contribution in [0, 0.1) is 10.1 Å². The Morgan fingerprint density at radius 3 is 2.70 bits per heavy atom. The number of carboxylic acid groups (broad SMARTS) is 1. The number of hydrogen-bond acceptors (Lipinski definition) is 5. The van der Waals surface area contributed by atoms with E-state index in [1.807, 2.05) is 0 Å². The average molecular weight is 296 g/mol. The largest absolute Gasteiger partial charge is 0.478 e. The third kappa shape index (κ3) is 2.87. The van der Waals surface area contributed by atoms with Gasteiger partial charge in [0.25, 0.3) is 5.69 Å². The van der Waals surface area contributed by atoms with Gasteiger partial charge in [-0.05, 0) is 25.2 Å². The highest BCUT2D eigenvalue weighted by Gasteiger charge is 2.36. The fourth-order valence-electron chi connectivity index (χ4n) is 2.26. The van der Waals surface area contributed by atoms with E-state index in [0.717, 1.165) is 18.9 Å². The molecule has 0 heterocycles. The molecular formula is C13H16N2O4S. The number of nitrogens with one attached hydrogen (secondary N) is 1.